The van der Waals surface area contributed by atoms with Crippen molar-refractivity contribution in [1.82, 2.24) is 0 Å². The zero-order valence-electron chi connectivity index (χ0n) is 27.6. The summed E-state index contributed by atoms with van der Waals surface area (Å²) in [4.78, 5) is 13.4. The predicted octanol–water partition coefficient (Wildman–Crippen LogP) is 6.76. The molecule has 5 nitrogen and oxygen atoms in total. The second-order valence-electron chi connectivity index (χ2n) is 14.1. The first-order chi connectivity index (χ1) is 20.9. The first-order valence-electron chi connectivity index (χ1n) is 16.2. The van der Waals surface area contributed by atoms with Gasteiger partial charge in [0, 0.05) is 6.42 Å². The minimum Gasteiger partial charge on any atom is -0.459 e. The largest absolute Gasteiger partial charge is 0.459 e. The highest BCUT2D eigenvalue weighted by Crippen LogP contribution is 2.40. The number of rotatable bonds is 14. The van der Waals surface area contributed by atoms with Crippen molar-refractivity contribution in [3.63, 3.8) is 0 Å². The molecule has 0 aromatic heterocycles. The van der Waals surface area contributed by atoms with E-state index < -0.39 is 32.5 Å². The number of cyclic esters (lactones) is 1. The summed E-state index contributed by atoms with van der Waals surface area (Å²) in [5.74, 6) is 0.216. The first kappa shape index (κ1) is 34.1. The number of benzene rings is 3. The van der Waals surface area contributed by atoms with Crippen molar-refractivity contribution < 1.29 is 23.8 Å². The molecule has 4 rings (SSSR count). The molecular formula is C38H52O5Si. The second-order valence-corrected chi connectivity index (χ2v) is 18.3. The van der Waals surface area contributed by atoms with Gasteiger partial charge in [-0.2, -0.15) is 0 Å². The molecule has 3 aromatic carbocycles. The Morgan fingerprint density at radius 3 is 1.82 bits per heavy atom. The third-order valence-electron chi connectivity index (χ3n) is 9.30. The molecule has 0 spiro atoms. The fraction of sp³-hybridized carbons (Fsp3) is 0.500. The van der Waals surface area contributed by atoms with Crippen LogP contribution in [0, 0.1) is 23.7 Å². The van der Waals surface area contributed by atoms with Crippen LogP contribution in [0.4, 0.5) is 0 Å². The lowest BCUT2D eigenvalue weighted by atomic mass is 9.79. The van der Waals surface area contributed by atoms with E-state index in [4.69, 9.17) is 13.9 Å². The number of ether oxygens (including phenoxy) is 2. The molecule has 1 saturated heterocycles. The van der Waals surface area contributed by atoms with Crippen LogP contribution in [0.2, 0.25) is 5.04 Å². The quantitative estimate of drug-likeness (QED) is 0.160. The van der Waals surface area contributed by atoms with E-state index in [1.165, 1.54) is 0 Å². The van der Waals surface area contributed by atoms with Crippen LogP contribution in [0.3, 0.4) is 0 Å². The van der Waals surface area contributed by atoms with Crippen molar-refractivity contribution in [1.29, 1.82) is 0 Å². The predicted molar refractivity (Wildman–Crippen MR) is 180 cm³/mol. The third-order valence-corrected chi connectivity index (χ3v) is 14.4. The fourth-order valence-corrected chi connectivity index (χ4v) is 11.6. The molecular weight excluding hydrogens is 564 g/mol. The lowest BCUT2D eigenvalue weighted by Crippen LogP contribution is -2.68. The van der Waals surface area contributed by atoms with Gasteiger partial charge in [-0.05, 0) is 45.1 Å². The molecule has 0 aliphatic carbocycles. The Morgan fingerprint density at radius 2 is 1.34 bits per heavy atom. The molecule has 1 N–H and O–H groups in total. The molecule has 44 heavy (non-hydrogen) atoms. The van der Waals surface area contributed by atoms with Gasteiger partial charge in [-0.3, -0.25) is 4.79 Å². The number of aliphatic hydroxyl groups is 1. The SMILES string of the molecule is CC(C)C(CC(O)C1C[C@@H]([C@H](COCc2ccccc2)O[Si](c2ccccc2)(c2ccccc2)C(C)(C)C)OC1=O)C(C)C. The van der Waals surface area contributed by atoms with Crippen molar-refractivity contribution in [2.75, 3.05) is 6.61 Å². The summed E-state index contributed by atoms with van der Waals surface area (Å²) in [5.41, 5.74) is 1.07. The normalized spacial score (nSPS) is 19.0. The molecule has 6 heteroatoms. The van der Waals surface area contributed by atoms with Gasteiger partial charge in [-0.1, -0.05) is 139 Å². The summed E-state index contributed by atoms with van der Waals surface area (Å²) in [6.07, 6.45) is -0.832. The molecule has 0 radical (unpaired) electrons. The van der Waals surface area contributed by atoms with Gasteiger partial charge >= 0.3 is 5.97 Å². The van der Waals surface area contributed by atoms with E-state index in [1.807, 2.05) is 42.5 Å². The van der Waals surface area contributed by atoms with Crippen LogP contribution in [-0.2, 0) is 25.3 Å². The number of carbonyl (C=O) groups is 1. The van der Waals surface area contributed by atoms with E-state index in [0.717, 1.165) is 15.9 Å². The van der Waals surface area contributed by atoms with Crippen LogP contribution in [0.1, 0.15) is 66.9 Å². The lowest BCUT2D eigenvalue weighted by Gasteiger charge is -2.45. The Labute approximate surface area is 266 Å². The number of esters is 1. The molecule has 1 aliphatic heterocycles. The van der Waals surface area contributed by atoms with Crippen molar-refractivity contribution in [2.45, 2.75) is 91.3 Å². The maximum absolute atomic E-state index is 13.4. The molecule has 1 fully saturated rings. The van der Waals surface area contributed by atoms with Gasteiger partial charge in [0.25, 0.3) is 8.32 Å². The molecule has 3 aromatic rings. The monoisotopic (exact) mass is 616 g/mol. The van der Waals surface area contributed by atoms with Gasteiger partial charge in [0.1, 0.15) is 12.2 Å². The van der Waals surface area contributed by atoms with Crippen LogP contribution in [0.15, 0.2) is 91.0 Å². The third kappa shape index (κ3) is 7.89. The number of hydrogen-bond donors (Lipinski definition) is 1. The maximum atomic E-state index is 13.4. The summed E-state index contributed by atoms with van der Waals surface area (Å²) >= 11 is 0. The highest BCUT2D eigenvalue weighted by molar-refractivity contribution is 6.99. The highest BCUT2D eigenvalue weighted by atomic mass is 28.4. The Balaban J connectivity index is 1.69. The van der Waals surface area contributed by atoms with E-state index in [1.54, 1.807) is 0 Å². The van der Waals surface area contributed by atoms with Gasteiger partial charge in [-0.15, -0.1) is 0 Å². The Bertz CT molecular complexity index is 1240. The van der Waals surface area contributed by atoms with Crippen LogP contribution in [-0.4, -0.2) is 44.3 Å². The average molecular weight is 617 g/mol. The van der Waals surface area contributed by atoms with Crippen LogP contribution in [0.25, 0.3) is 0 Å². The smallest absolute Gasteiger partial charge is 0.312 e. The standard InChI is InChI=1S/C38H52O5Si/c1-27(2)32(28(3)4)23-34(39)33-24-35(42-37(33)40)36(26-41-25-29-17-11-8-12-18-29)43-44(38(5,6)7,30-19-13-9-14-20-30)31-21-15-10-16-22-31/h8-22,27-28,32-36,39H,23-26H2,1-7H3/t33?,34?,35-,36-/m0/s1. The van der Waals surface area contributed by atoms with Gasteiger partial charge in [0.15, 0.2) is 0 Å². The van der Waals surface area contributed by atoms with Crippen LogP contribution >= 0.6 is 0 Å². The van der Waals surface area contributed by atoms with E-state index in [9.17, 15) is 9.90 Å². The Hall–Kier alpha value is -2.77. The average Bonchev–Trinajstić information content (AvgIpc) is 3.39. The molecule has 4 atom stereocenters. The van der Waals surface area contributed by atoms with Gasteiger partial charge in [0.2, 0.25) is 0 Å². The van der Waals surface area contributed by atoms with Crippen LogP contribution < -0.4 is 10.4 Å². The molecule has 0 saturated carbocycles. The summed E-state index contributed by atoms with van der Waals surface area (Å²) in [7, 11) is -2.97. The molecule has 2 unspecified atom stereocenters. The van der Waals surface area contributed by atoms with Crippen molar-refractivity contribution >= 4 is 24.7 Å². The Morgan fingerprint density at radius 1 is 0.841 bits per heavy atom. The van der Waals surface area contributed by atoms with Gasteiger partial charge < -0.3 is 19.0 Å². The van der Waals surface area contributed by atoms with E-state index in [0.29, 0.717) is 37.2 Å². The van der Waals surface area contributed by atoms with E-state index >= 15 is 0 Å². The number of aliphatic hydroxyl groups excluding tert-OH is 1. The zero-order valence-corrected chi connectivity index (χ0v) is 28.6. The lowest BCUT2D eigenvalue weighted by molar-refractivity contribution is -0.151. The van der Waals surface area contributed by atoms with Crippen molar-refractivity contribution in [3.05, 3.63) is 96.6 Å². The maximum Gasteiger partial charge on any atom is 0.312 e. The first-order valence-corrected chi connectivity index (χ1v) is 18.1. The van der Waals surface area contributed by atoms with Gasteiger partial charge in [0.05, 0.1) is 25.2 Å². The molecule has 238 valence electrons. The number of hydrogen-bond acceptors (Lipinski definition) is 5. The molecule has 0 bridgehead atoms. The molecule has 1 aliphatic rings. The van der Waals surface area contributed by atoms with E-state index in [2.05, 4.69) is 97.0 Å². The van der Waals surface area contributed by atoms with Crippen molar-refractivity contribution in [2.24, 2.45) is 23.7 Å². The summed E-state index contributed by atoms with van der Waals surface area (Å²) < 4.78 is 19.9. The molecule has 1 heterocycles. The zero-order chi connectivity index (χ0) is 31.9. The fourth-order valence-electron chi connectivity index (χ4n) is 6.93. The minimum atomic E-state index is -2.97. The second kappa shape index (κ2) is 15.0. The summed E-state index contributed by atoms with van der Waals surface area (Å²) in [5, 5.41) is 13.4. The molecule has 0 amide bonds. The Kier molecular flexibility index (Phi) is 11.6. The minimum absolute atomic E-state index is 0.253. The number of carbonyl (C=O) groups excluding carboxylic acids is 1. The highest BCUT2D eigenvalue weighted by Gasteiger charge is 2.54. The topological polar surface area (TPSA) is 65.0 Å². The summed E-state index contributed by atoms with van der Waals surface area (Å²) in [6.45, 7) is 16.2. The van der Waals surface area contributed by atoms with Crippen LogP contribution in [0.5, 0.6) is 0 Å². The van der Waals surface area contributed by atoms with Gasteiger partial charge in [-0.25, -0.2) is 0 Å². The summed E-state index contributed by atoms with van der Waals surface area (Å²) in [6, 6.07) is 31.1. The van der Waals surface area contributed by atoms with Crippen molar-refractivity contribution in [3.8, 4) is 0 Å². The van der Waals surface area contributed by atoms with E-state index in [-0.39, 0.29) is 17.6 Å².